The Morgan fingerprint density at radius 2 is 1.74 bits per heavy atom. The van der Waals surface area contributed by atoms with Crippen molar-refractivity contribution in [2.45, 2.75) is 37.7 Å². The van der Waals surface area contributed by atoms with E-state index in [0.29, 0.717) is 12.1 Å². The Labute approximate surface area is 128 Å². The van der Waals surface area contributed by atoms with Gasteiger partial charge in [-0.15, -0.1) is 0 Å². The number of non-ortho nitro benzene ring substituents is 1. The van der Waals surface area contributed by atoms with Crippen molar-refractivity contribution >= 4 is 21.9 Å². The van der Waals surface area contributed by atoms with Crippen LogP contribution in [0.2, 0.25) is 0 Å². The van der Waals surface area contributed by atoms with Gasteiger partial charge in [0.1, 0.15) is 10.5 Å². The molecule has 0 aromatic heterocycles. The molecule has 1 aromatic carbocycles. The molecule has 0 radical (unpaired) electrons. The van der Waals surface area contributed by atoms with Crippen LogP contribution >= 0.6 is 10.2 Å². The van der Waals surface area contributed by atoms with Crippen molar-refractivity contribution < 1.29 is 33.9 Å². The van der Waals surface area contributed by atoms with Gasteiger partial charge in [0.15, 0.2) is 0 Å². The highest BCUT2D eigenvalue weighted by Gasteiger charge is 2.67. The first-order valence-electron chi connectivity index (χ1n) is 6.12. The number of nitro groups is 1. The van der Waals surface area contributed by atoms with E-state index in [1.54, 1.807) is 0 Å². The molecule has 0 heterocycles. The molecule has 0 unspecified atom stereocenters. The summed E-state index contributed by atoms with van der Waals surface area (Å²) in [7, 11) is -10.2. The molecule has 132 valence electrons. The van der Waals surface area contributed by atoms with E-state index in [1.165, 1.54) is 20.8 Å². The average molecular weight is 363 g/mol. The molecule has 0 saturated carbocycles. The second kappa shape index (κ2) is 4.79. The van der Waals surface area contributed by atoms with Crippen LogP contribution in [-0.4, -0.2) is 16.5 Å². The van der Waals surface area contributed by atoms with Crippen LogP contribution in [0.15, 0.2) is 23.1 Å². The van der Waals surface area contributed by atoms with E-state index >= 15 is 0 Å². The van der Waals surface area contributed by atoms with E-state index in [-0.39, 0.29) is 6.07 Å². The fourth-order valence-electron chi connectivity index (χ4n) is 1.70. The Bertz CT molecular complexity index is 666. The Morgan fingerprint density at radius 3 is 2.13 bits per heavy atom. The SMILES string of the molecule is CC(C)(C)OC(=O)Cc1ccc([N+](=O)[O-])cc1S(F)(F)(F)(F)F. The molecule has 0 aliphatic heterocycles. The van der Waals surface area contributed by atoms with Crippen LogP contribution in [0.3, 0.4) is 0 Å². The van der Waals surface area contributed by atoms with Gasteiger partial charge in [-0.25, -0.2) is 0 Å². The number of hydrogen-bond acceptors (Lipinski definition) is 4. The zero-order valence-corrected chi connectivity index (χ0v) is 13.1. The molecule has 0 saturated heterocycles. The Hall–Kier alpha value is -1.91. The lowest BCUT2D eigenvalue weighted by Gasteiger charge is -2.41. The zero-order chi connectivity index (χ0) is 18.3. The number of halogens is 5. The molecule has 5 nitrogen and oxygen atoms in total. The van der Waals surface area contributed by atoms with Crippen LogP contribution in [0.1, 0.15) is 26.3 Å². The summed E-state index contributed by atoms with van der Waals surface area (Å²) in [6.07, 6.45) is -1.09. The summed E-state index contributed by atoms with van der Waals surface area (Å²) in [6.45, 7) is 4.35. The first-order chi connectivity index (χ1) is 9.89. The van der Waals surface area contributed by atoms with Gasteiger partial charge in [-0.3, -0.25) is 14.9 Å². The Morgan fingerprint density at radius 1 is 1.22 bits per heavy atom. The minimum atomic E-state index is -10.2. The maximum Gasteiger partial charge on any atom is 0.310 e. The molecular weight excluding hydrogens is 349 g/mol. The molecule has 0 spiro atoms. The van der Waals surface area contributed by atoms with Gasteiger partial charge in [-0.1, -0.05) is 25.5 Å². The number of nitro benzene ring substituents is 1. The molecule has 1 rings (SSSR count). The number of esters is 1. The summed E-state index contributed by atoms with van der Waals surface area (Å²) >= 11 is 0. The van der Waals surface area contributed by atoms with Gasteiger partial charge in [0.25, 0.3) is 5.69 Å². The minimum absolute atomic E-state index is 0.263. The van der Waals surface area contributed by atoms with Crippen molar-refractivity contribution in [3.63, 3.8) is 0 Å². The first-order valence-corrected chi connectivity index (χ1v) is 8.07. The van der Waals surface area contributed by atoms with Gasteiger partial charge < -0.3 is 4.74 Å². The quantitative estimate of drug-likeness (QED) is 0.322. The number of carbonyl (C=O) groups is 1. The van der Waals surface area contributed by atoms with Crippen molar-refractivity contribution in [2.75, 3.05) is 0 Å². The molecule has 0 aliphatic rings. The van der Waals surface area contributed by atoms with Crippen LogP contribution in [0.5, 0.6) is 0 Å². The van der Waals surface area contributed by atoms with Gasteiger partial charge in [0.05, 0.1) is 11.3 Å². The van der Waals surface area contributed by atoms with E-state index in [2.05, 4.69) is 0 Å². The first kappa shape index (κ1) is 19.1. The van der Waals surface area contributed by atoms with Crippen molar-refractivity contribution in [1.82, 2.24) is 0 Å². The van der Waals surface area contributed by atoms with E-state index in [9.17, 15) is 34.3 Å². The minimum Gasteiger partial charge on any atom is -0.460 e. The van der Waals surface area contributed by atoms with Gasteiger partial charge in [0.2, 0.25) is 0 Å². The summed E-state index contributed by atoms with van der Waals surface area (Å²) < 4.78 is 70.1. The summed E-state index contributed by atoms with van der Waals surface area (Å²) in [6, 6.07) is 0.837. The molecule has 0 fully saturated rings. The van der Waals surface area contributed by atoms with Crippen molar-refractivity contribution in [3.8, 4) is 0 Å². The number of carbonyl (C=O) groups excluding carboxylic acids is 1. The van der Waals surface area contributed by atoms with Gasteiger partial charge in [0, 0.05) is 12.1 Å². The van der Waals surface area contributed by atoms with Crippen molar-refractivity contribution in [1.29, 1.82) is 0 Å². The molecule has 11 heteroatoms. The topological polar surface area (TPSA) is 69.4 Å². The molecule has 0 atom stereocenters. The number of benzene rings is 1. The summed E-state index contributed by atoms with van der Waals surface area (Å²) in [5, 5.41) is 10.5. The fourth-order valence-corrected chi connectivity index (χ4v) is 2.67. The summed E-state index contributed by atoms with van der Waals surface area (Å²) in [5.74, 6) is -1.16. The molecular formula is C12H14F5NO4S. The summed E-state index contributed by atoms with van der Waals surface area (Å²) in [5.41, 5.74) is -3.25. The lowest BCUT2D eigenvalue weighted by Crippen LogP contribution is -2.25. The number of rotatable bonds is 4. The third kappa shape index (κ3) is 5.66. The van der Waals surface area contributed by atoms with Crippen LogP contribution in [-0.2, 0) is 16.0 Å². The van der Waals surface area contributed by atoms with Gasteiger partial charge >= 0.3 is 16.2 Å². The monoisotopic (exact) mass is 363 g/mol. The number of ether oxygens (including phenoxy) is 1. The molecule has 0 amide bonds. The molecule has 23 heavy (non-hydrogen) atoms. The van der Waals surface area contributed by atoms with E-state index in [4.69, 9.17) is 4.74 Å². The zero-order valence-electron chi connectivity index (χ0n) is 12.3. The van der Waals surface area contributed by atoms with Crippen LogP contribution in [0.25, 0.3) is 0 Å². The second-order valence-corrected chi connectivity index (χ2v) is 8.16. The van der Waals surface area contributed by atoms with Crippen LogP contribution in [0, 0.1) is 10.1 Å². The highest BCUT2D eigenvalue weighted by molar-refractivity contribution is 8.45. The Kier molecular flexibility index (Phi) is 3.99. The summed E-state index contributed by atoms with van der Waals surface area (Å²) in [4.78, 5) is 18.4. The van der Waals surface area contributed by atoms with E-state index < -0.39 is 49.3 Å². The normalized spacial score (nSPS) is 15.5. The lowest BCUT2D eigenvalue weighted by molar-refractivity contribution is -0.385. The highest BCUT2D eigenvalue weighted by atomic mass is 32.5. The molecule has 1 aromatic rings. The predicted octanol–water partition coefficient (Wildman–Crippen LogP) is 5.14. The van der Waals surface area contributed by atoms with Crippen LogP contribution in [0.4, 0.5) is 25.1 Å². The third-order valence-electron chi connectivity index (χ3n) is 2.43. The maximum absolute atomic E-state index is 13.1. The molecule has 0 N–H and O–H groups in total. The van der Waals surface area contributed by atoms with Gasteiger partial charge in [-0.05, 0) is 26.3 Å². The Balaban J connectivity index is 3.40. The standard InChI is InChI=1S/C12H14F5NO4S/c1-12(2,3)22-11(19)6-8-4-5-9(18(20)21)7-10(8)23(13,14,15,16)17/h4-5,7H,6H2,1-3H3. The number of hydrogen-bond donors (Lipinski definition) is 0. The number of nitrogens with zero attached hydrogens (tertiary/aromatic N) is 1. The maximum atomic E-state index is 13.1. The highest BCUT2D eigenvalue weighted by Crippen LogP contribution is 3.02. The van der Waals surface area contributed by atoms with Crippen molar-refractivity contribution in [2.24, 2.45) is 0 Å². The molecule has 0 aliphatic carbocycles. The van der Waals surface area contributed by atoms with Crippen molar-refractivity contribution in [3.05, 3.63) is 33.9 Å². The van der Waals surface area contributed by atoms with E-state index in [1.807, 2.05) is 0 Å². The van der Waals surface area contributed by atoms with E-state index in [0.717, 1.165) is 0 Å². The predicted molar refractivity (Wildman–Crippen MR) is 74.0 cm³/mol. The smallest absolute Gasteiger partial charge is 0.310 e. The largest absolute Gasteiger partial charge is 0.460 e. The van der Waals surface area contributed by atoms with Gasteiger partial charge in [-0.2, -0.15) is 0 Å². The fraction of sp³-hybridized carbons (Fsp3) is 0.417. The van der Waals surface area contributed by atoms with Crippen LogP contribution < -0.4 is 0 Å². The molecule has 0 bridgehead atoms. The lowest BCUT2D eigenvalue weighted by atomic mass is 10.1. The third-order valence-corrected chi connectivity index (χ3v) is 3.64. The second-order valence-electron chi connectivity index (χ2n) is 5.78. The average Bonchev–Trinajstić information content (AvgIpc) is 2.22.